The van der Waals surface area contributed by atoms with E-state index in [1.54, 1.807) is 0 Å². The average Bonchev–Trinajstić information content (AvgIpc) is 2.78. The Labute approximate surface area is 114 Å². The van der Waals surface area contributed by atoms with Crippen molar-refractivity contribution in [2.24, 2.45) is 0 Å². The van der Waals surface area contributed by atoms with Gasteiger partial charge in [-0.3, -0.25) is 0 Å². The topological polar surface area (TPSA) is 63.0 Å². The van der Waals surface area contributed by atoms with Gasteiger partial charge in [0.05, 0.1) is 12.2 Å². The van der Waals surface area contributed by atoms with Crippen molar-refractivity contribution in [3.05, 3.63) is 34.1 Å². The van der Waals surface area contributed by atoms with Crippen LogP contribution in [0.1, 0.15) is 18.4 Å². The fraction of sp³-hybridized carbons (Fsp3) is 0.333. The molecule has 5 nitrogen and oxygen atoms in total. The second-order valence-electron chi connectivity index (χ2n) is 3.89. The van der Waals surface area contributed by atoms with Crippen LogP contribution in [0.4, 0.5) is 11.7 Å². The lowest BCUT2D eigenvalue weighted by Gasteiger charge is -2.04. The van der Waals surface area contributed by atoms with Crippen LogP contribution >= 0.6 is 15.9 Å². The third-order valence-corrected chi connectivity index (χ3v) is 3.02. The van der Waals surface area contributed by atoms with E-state index in [0.29, 0.717) is 18.5 Å². The largest absolute Gasteiger partial charge is 0.406 e. The van der Waals surface area contributed by atoms with E-state index in [2.05, 4.69) is 36.8 Å². The summed E-state index contributed by atoms with van der Waals surface area (Å²) in [7, 11) is 0. The maximum Gasteiger partial charge on any atom is 0.320 e. The fourth-order valence-electron chi connectivity index (χ4n) is 1.44. The Kier molecular flexibility index (Phi) is 4.33. The summed E-state index contributed by atoms with van der Waals surface area (Å²) in [5, 5.41) is 14.1. The molecule has 0 saturated carbocycles. The predicted molar refractivity (Wildman–Crippen MR) is 73.8 cm³/mol. The lowest BCUT2D eigenvalue weighted by molar-refractivity contribution is 0.484. The van der Waals surface area contributed by atoms with Gasteiger partial charge in [0.25, 0.3) is 0 Å². The Bertz CT molecular complexity index is 527. The average molecular weight is 311 g/mol. The third kappa shape index (κ3) is 3.30. The van der Waals surface area contributed by atoms with Gasteiger partial charge in [-0.2, -0.15) is 0 Å². The molecule has 0 radical (unpaired) electrons. The number of nitrogens with one attached hydrogen (secondary N) is 2. The number of benzene rings is 1. The second kappa shape index (κ2) is 5.97. The number of rotatable bonds is 5. The van der Waals surface area contributed by atoms with Crippen LogP contribution in [-0.4, -0.2) is 16.7 Å². The molecule has 0 saturated heterocycles. The smallest absolute Gasteiger partial charge is 0.320 e. The van der Waals surface area contributed by atoms with Gasteiger partial charge in [-0.1, -0.05) is 18.1 Å². The van der Waals surface area contributed by atoms with E-state index in [1.165, 1.54) is 5.56 Å². The van der Waals surface area contributed by atoms with E-state index in [0.717, 1.165) is 16.7 Å². The van der Waals surface area contributed by atoms with Gasteiger partial charge in [-0.05, 0) is 47.1 Å². The highest BCUT2D eigenvalue weighted by atomic mass is 79.9. The van der Waals surface area contributed by atoms with Crippen LogP contribution in [0.3, 0.4) is 0 Å². The first kappa shape index (κ1) is 13.0. The van der Waals surface area contributed by atoms with Gasteiger partial charge in [0.15, 0.2) is 0 Å². The van der Waals surface area contributed by atoms with Crippen LogP contribution in [0.15, 0.2) is 27.1 Å². The SMILES string of the molecule is CCNCc1nnc(Nc2ccc(C)cc2Br)o1. The Morgan fingerprint density at radius 2 is 2.17 bits per heavy atom. The zero-order chi connectivity index (χ0) is 13.0. The predicted octanol–water partition coefficient (Wildman–Crippen LogP) is 2.99. The second-order valence-corrected chi connectivity index (χ2v) is 4.74. The number of hydrogen-bond donors (Lipinski definition) is 2. The zero-order valence-electron chi connectivity index (χ0n) is 10.3. The van der Waals surface area contributed by atoms with Crippen molar-refractivity contribution in [1.82, 2.24) is 15.5 Å². The van der Waals surface area contributed by atoms with Crippen LogP contribution in [0.5, 0.6) is 0 Å². The van der Waals surface area contributed by atoms with Gasteiger partial charge >= 0.3 is 6.01 Å². The first-order valence-corrected chi connectivity index (χ1v) is 6.54. The molecule has 0 unspecified atom stereocenters. The van der Waals surface area contributed by atoms with E-state index in [1.807, 2.05) is 32.0 Å². The van der Waals surface area contributed by atoms with Gasteiger partial charge in [-0.15, -0.1) is 5.10 Å². The first-order valence-electron chi connectivity index (χ1n) is 5.75. The fourth-order valence-corrected chi connectivity index (χ4v) is 2.04. The standard InChI is InChI=1S/C12H15BrN4O/c1-3-14-7-11-16-17-12(18-11)15-10-5-4-8(2)6-9(10)13/h4-6,14H,3,7H2,1-2H3,(H,15,17). The molecule has 0 fully saturated rings. The molecule has 0 aliphatic carbocycles. The first-order chi connectivity index (χ1) is 8.69. The van der Waals surface area contributed by atoms with Crippen molar-refractivity contribution < 1.29 is 4.42 Å². The Morgan fingerprint density at radius 3 is 2.89 bits per heavy atom. The number of halogens is 1. The highest BCUT2D eigenvalue weighted by Crippen LogP contribution is 2.26. The summed E-state index contributed by atoms with van der Waals surface area (Å²) in [6.45, 7) is 5.52. The quantitative estimate of drug-likeness (QED) is 0.889. The van der Waals surface area contributed by atoms with E-state index in [4.69, 9.17) is 4.42 Å². The molecule has 18 heavy (non-hydrogen) atoms. The van der Waals surface area contributed by atoms with Gasteiger partial charge in [0, 0.05) is 4.47 Å². The summed E-state index contributed by atoms with van der Waals surface area (Å²) in [4.78, 5) is 0. The molecule has 2 N–H and O–H groups in total. The van der Waals surface area contributed by atoms with E-state index < -0.39 is 0 Å². The summed E-state index contributed by atoms with van der Waals surface area (Å²) in [5.74, 6) is 0.572. The van der Waals surface area contributed by atoms with E-state index >= 15 is 0 Å². The molecule has 0 atom stereocenters. The number of aryl methyl sites for hydroxylation is 1. The highest BCUT2D eigenvalue weighted by Gasteiger charge is 2.07. The molecule has 0 aliphatic heterocycles. The lowest BCUT2D eigenvalue weighted by Crippen LogP contribution is -2.11. The molecular weight excluding hydrogens is 296 g/mol. The van der Waals surface area contributed by atoms with Crippen molar-refractivity contribution in [1.29, 1.82) is 0 Å². The molecule has 1 aromatic carbocycles. The van der Waals surface area contributed by atoms with Crippen LogP contribution in [0.25, 0.3) is 0 Å². The molecule has 2 rings (SSSR count). The van der Waals surface area contributed by atoms with Crippen molar-refractivity contribution in [2.45, 2.75) is 20.4 Å². The molecule has 0 aliphatic rings. The monoisotopic (exact) mass is 310 g/mol. The summed E-state index contributed by atoms with van der Waals surface area (Å²) in [6.07, 6.45) is 0. The van der Waals surface area contributed by atoms with Crippen molar-refractivity contribution in [3.63, 3.8) is 0 Å². The molecular formula is C12H15BrN4O. The summed E-state index contributed by atoms with van der Waals surface area (Å²) >= 11 is 3.49. The van der Waals surface area contributed by atoms with Crippen LogP contribution in [0, 0.1) is 6.92 Å². The maximum absolute atomic E-state index is 5.46. The summed E-state index contributed by atoms with van der Waals surface area (Å²) in [5.41, 5.74) is 2.09. The van der Waals surface area contributed by atoms with Gasteiger partial charge < -0.3 is 15.1 Å². The number of hydrogen-bond acceptors (Lipinski definition) is 5. The molecule has 2 aromatic rings. The minimum atomic E-state index is 0.396. The summed E-state index contributed by atoms with van der Waals surface area (Å²) in [6, 6.07) is 6.40. The van der Waals surface area contributed by atoms with Crippen molar-refractivity contribution in [3.8, 4) is 0 Å². The van der Waals surface area contributed by atoms with E-state index in [-0.39, 0.29) is 0 Å². The van der Waals surface area contributed by atoms with Gasteiger partial charge in [0.1, 0.15) is 0 Å². The molecule has 0 spiro atoms. The van der Waals surface area contributed by atoms with Crippen LogP contribution in [0.2, 0.25) is 0 Å². The molecule has 6 heteroatoms. The highest BCUT2D eigenvalue weighted by molar-refractivity contribution is 9.10. The number of anilines is 2. The van der Waals surface area contributed by atoms with E-state index in [9.17, 15) is 0 Å². The lowest BCUT2D eigenvalue weighted by atomic mass is 10.2. The van der Waals surface area contributed by atoms with Crippen LogP contribution in [-0.2, 0) is 6.54 Å². The van der Waals surface area contributed by atoms with Gasteiger partial charge in [-0.25, -0.2) is 0 Å². The maximum atomic E-state index is 5.46. The molecule has 96 valence electrons. The minimum Gasteiger partial charge on any atom is -0.406 e. The minimum absolute atomic E-state index is 0.396. The Morgan fingerprint density at radius 1 is 1.33 bits per heavy atom. The number of nitrogens with zero attached hydrogens (tertiary/aromatic N) is 2. The van der Waals surface area contributed by atoms with Gasteiger partial charge in [0.2, 0.25) is 5.89 Å². The summed E-state index contributed by atoms with van der Waals surface area (Å²) < 4.78 is 6.42. The zero-order valence-corrected chi connectivity index (χ0v) is 11.9. The number of aromatic nitrogens is 2. The van der Waals surface area contributed by atoms with Crippen molar-refractivity contribution in [2.75, 3.05) is 11.9 Å². The molecule has 0 amide bonds. The third-order valence-electron chi connectivity index (χ3n) is 2.36. The molecule has 0 bridgehead atoms. The van der Waals surface area contributed by atoms with Crippen LogP contribution < -0.4 is 10.6 Å². The normalized spacial score (nSPS) is 10.6. The Hall–Kier alpha value is -1.40. The molecule has 1 heterocycles. The van der Waals surface area contributed by atoms with Crippen molar-refractivity contribution >= 4 is 27.6 Å². The Balaban J connectivity index is 2.06. The molecule has 1 aromatic heterocycles.